The number of ether oxygens (including phenoxy) is 1. The van der Waals surface area contributed by atoms with Gasteiger partial charge >= 0.3 is 0 Å². The van der Waals surface area contributed by atoms with Gasteiger partial charge in [0.2, 0.25) is 0 Å². The zero-order valence-corrected chi connectivity index (χ0v) is 15.3. The third-order valence-electron chi connectivity index (χ3n) is 4.37. The molecule has 0 bridgehead atoms. The first kappa shape index (κ1) is 18.2. The molecular weight excluding hydrogens is 331 g/mol. The summed E-state index contributed by atoms with van der Waals surface area (Å²) in [4.78, 5) is 14.5. The van der Waals surface area contributed by atoms with Crippen molar-refractivity contribution in [2.75, 3.05) is 23.3 Å². The van der Waals surface area contributed by atoms with Gasteiger partial charge in [0.15, 0.2) is 0 Å². The number of piperidine rings is 1. The summed E-state index contributed by atoms with van der Waals surface area (Å²) in [6.45, 7) is 5.62. The molecule has 0 unspecified atom stereocenters. The molecule has 0 atom stereocenters. The minimum Gasteiger partial charge on any atom is -0.491 e. The van der Waals surface area contributed by atoms with E-state index in [1.165, 1.54) is 12.5 Å². The summed E-state index contributed by atoms with van der Waals surface area (Å²) in [5, 5.41) is 2.76. The average Bonchev–Trinajstić information content (AvgIpc) is 2.62. The first-order chi connectivity index (χ1) is 12.5. The van der Waals surface area contributed by atoms with Crippen LogP contribution in [0.5, 0.6) is 5.75 Å². The monoisotopic (exact) mass is 356 g/mol. The van der Waals surface area contributed by atoms with Gasteiger partial charge in [0.25, 0.3) is 5.91 Å². The Balaban J connectivity index is 1.70. The molecule has 1 amide bonds. The molecule has 138 valence electrons. The highest BCUT2D eigenvalue weighted by Crippen LogP contribution is 2.26. The van der Waals surface area contributed by atoms with Gasteiger partial charge in [0.1, 0.15) is 11.6 Å². The number of nitrogens with zero attached hydrogens (tertiary/aromatic N) is 1. The molecule has 0 aliphatic carbocycles. The van der Waals surface area contributed by atoms with E-state index < -0.39 is 0 Å². The number of rotatable bonds is 5. The summed E-state index contributed by atoms with van der Waals surface area (Å²) >= 11 is 0. The number of carbonyl (C=O) groups is 1. The topological polar surface area (TPSA) is 41.6 Å². The standard InChI is InChI=1S/C21H25FN2O2/c1-15(2)26-18-8-6-7-16(13-18)21(25)23-17-9-10-20(19(22)14-17)24-11-4-3-5-12-24/h6-10,13-15H,3-5,11-12H2,1-2H3,(H,23,25). The fourth-order valence-electron chi connectivity index (χ4n) is 3.16. The molecule has 1 fully saturated rings. The number of benzene rings is 2. The maximum atomic E-state index is 14.5. The molecule has 2 aromatic rings. The highest BCUT2D eigenvalue weighted by molar-refractivity contribution is 6.04. The van der Waals surface area contributed by atoms with Crippen molar-refractivity contribution in [2.24, 2.45) is 0 Å². The molecular formula is C21H25FN2O2. The number of amides is 1. The Hall–Kier alpha value is -2.56. The largest absolute Gasteiger partial charge is 0.491 e. The molecule has 1 N–H and O–H groups in total. The minimum absolute atomic E-state index is 0.0322. The first-order valence-corrected chi connectivity index (χ1v) is 9.15. The summed E-state index contributed by atoms with van der Waals surface area (Å²) < 4.78 is 20.1. The van der Waals surface area contributed by atoms with Gasteiger partial charge in [-0.3, -0.25) is 4.79 Å². The van der Waals surface area contributed by atoms with Crippen molar-refractivity contribution >= 4 is 17.3 Å². The smallest absolute Gasteiger partial charge is 0.255 e. The fraction of sp³-hybridized carbons (Fsp3) is 0.381. The number of anilines is 2. The fourth-order valence-corrected chi connectivity index (χ4v) is 3.16. The summed E-state index contributed by atoms with van der Waals surface area (Å²) in [5.74, 6) is 0.0465. The van der Waals surface area contributed by atoms with Crippen LogP contribution in [0.4, 0.5) is 15.8 Å². The Kier molecular flexibility index (Phi) is 5.76. The van der Waals surface area contributed by atoms with Crippen LogP contribution in [-0.2, 0) is 0 Å². The second-order valence-corrected chi connectivity index (χ2v) is 6.86. The second-order valence-electron chi connectivity index (χ2n) is 6.86. The van der Waals surface area contributed by atoms with Crippen LogP contribution in [0, 0.1) is 5.82 Å². The van der Waals surface area contributed by atoms with Gasteiger partial charge in [-0.05, 0) is 69.5 Å². The number of halogens is 1. The number of nitrogens with one attached hydrogen (secondary N) is 1. The number of hydrogen-bond donors (Lipinski definition) is 1. The van der Waals surface area contributed by atoms with Gasteiger partial charge in [-0.15, -0.1) is 0 Å². The minimum atomic E-state index is -0.304. The lowest BCUT2D eigenvalue weighted by Crippen LogP contribution is -2.30. The van der Waals surface area contributed by atoms with Crippen LogP contribution in [0.3, 0.4) is 0 Å². The van der Waals surface area contributed by atoms with Crippen LogP contribution in [0.1, 0.15) is 43.5 Å². The molecule has 0 saturated carbocycles. The molecule has 0 radical (unpaired) electrons. The predicted octanol–water partition coefficient (Wildman–Crippen LogP) is 4.86. The zero-order valence-electron chi connectivity index (χ0n) is 15.3. The summed E-state index contributed by atoms with van der Waals surface area (Å²) in [5.41, 5.74) is 1.53. The van der Waals surface area contributed by atoms with E-state index in [1.807, 2.05) is 19.9 Å². The molecule has 1 aliphatic heterocycles. The Morgan fingerprint density at radius 1 is 1.12 bits per heavy atom. The Labute approximate surface area is 154 Å². The van der Waals surface area contributed by atoms with Gasteiger partial charge < -0.3 is 15.0 Å². The van der Waals surface area contributed by atoms with Crippen molar-refractivity contribution in [1.29, 1.82) is 0 Å². The van der Waals surface area contributed by atoms with Crippen molar-refractivity contribution in [2.45, 2.75) is 39.2 Å². The normalized spacial score (nSPS) is 14.4. The molecule has 1 saturated heterocycles. The molecule has 3 rings (SSSR count). The van der Waals surface area contributed by atoms with Crippen molar-refractivity contribution in [1.82, 2.24) is 0 Å². The summed E-state index contributed by atoms with van der Waals surface area (Å²) in [6.07, 6.45) is 3.41. The van der Waals surface area contributed by atoms with Crippen LogP contribution < -0.4 is 15.0 Å². The van der Waals surface area contributed by atoms with E-state index in [2.05, 4.69) is 10.2 Å². The molecule has 26 heavy (non-hydrogen) atoms. The lowest BCUT2D eigenvalue weighted by Gasteiger charge is -2.29. The van der Waals surface area contributed by atoms with Gasteiger partial charge in [0.05, 0.1) is 11.8 Å². The molecule has 5 heteroatoms. The van der Waals surface area contributed by atoms with E-state index in [0.29, 0.717) is 22.7 Å². The molecule has 2 aromatic carbocycles. The van der Waals surface area contributed by atoms with E-state index in [4.69, 9.17) is 4.74 Å². The Morgan fingerprint density at radius 2 is 1.88 bits per heavy atom. The third kappa shape index (κ3) is 4.54. The first-order valence-electron chi connectivity index (χ1n) is 9.15. The van der Waals surface area contributed by atoms with Crippen LogP contribution >= 0.6 is 0 Å². The van der Waals surface area contributed by atoms with E-state index in [9.17, 15) is 9.18 Å². The second kappa shape index (κ2) is 8.21. The van der Waals surface area contributed by atoms with E-state index in [0.717, 1.165) is 25.9 Å². The van der Waals surface area contributed by atoms with Crippen molar-refractivity contribution in [3.05, 3.63) is 53.8 Å². The maximum absolute atomic E-state index is 14.5. The summed E-state index contributed by atoms with van der Waals surface area (Å²) in [7, 11) is 0. The van der Waals surface area contributed by atoms with Gasteiger partial charge in [-0.1, -0.05) is 6.07 Å². The Bertz CT molecular complexity index is 770. The third-order valence-corrected chi connectivity index (χ3v) is 4.37. The van der Waals surface area contributed by atoms with Crippen LogP contribution in [0.2, 0.25) is 0 Å². The van der Waals surface area contributed by atoms with Crippen LogP contribution in [0.15, 0.2) is 42.5 Å². The average molecular weight is 356 g/mol. The summed E-state index contributed by atoms with van der Waals surface area (Å²) in [6, 6.07) is 11.9. The van der Waals surface area contributed by atoms with Gasteiger partial charge in [-0.2, -0.15) is 0 Å². The molecule has 1 heterocycles. The van der Waals surface area contributed by atoms with E-state index in [1.54, 1.807) is 30.3 Å². The zero-order chi connectivity index (χ0) is 18.5. The quantitative estimate of drug-likeness (QED) is 0.832. The van der Waals surface area contributed by atoms with Crippen molar-refractivity contribution < 1.29 is 13.9 Å². The molecule has 0 aromatic heterocycles. The van der Waals surface area contributed by atoms with E-state index in [-0.39, 0.29) is 17.8 Å². The van der Waals surface area contributed by atoms with Gasteiger partial charge in [0, 0.05) is 24.3 Å². The molecule has 0 spiro atoms. The van der Waals surface area contributed by atoms with Crippen LogP contribution in [0.25, 0.3) is 0 Å². The highest BCUT2D eigenvalue weighted by Gasteiger charge is 2.16. The van der Waals surface area contributed by atoms with Crippen LogP contribution in [-0.4, -0.2) is 25.1 Å². The van der Waals surface area contributed by atoms with Crippen molar-refractivity contribution in [3.63, 3.8) is 0 Å². The Morgan fingerprint density at radius 3 is 2.58 bits per heavy atom. The van der Waals surface area contributed by atoms with Gasteiger partial charge in [-0.25, -0.2) is 4.39 Å². The lowest BCUT2D eigenvalue weighted by atomic mass is 10.1. The predicted molar refractivity (Wildman–Crippen MR) is 103 cm³/mol. The number of hydrogen-bond acceptors (Lipinski definition) is 3. The maximum Gasteiger partial charge on any atom is 0.255 e. The van der Waals surface area contributed by atoms with Crippen molar-refractivity contribution in [3.8, 4) is 5.75 Å². The van der Waals surface area contributed by atoms with E-state index >= 15 is 0 Å². The highest BCUT2D eigenvalue weighted by atomic mass is 19.1. The number of carbonyl (C=O) groups excluding carboxylic acids is 1. The lowest BCUT2D eigenvalue weighted by molar-refractivity contribution is 0.102. The molecule has 1 aliphatic rings. The SMILES string of the molecule is CC(C)Oc1cccc(C(=O)Nc2ccc(N3CCCCC3)c(F)c2)c1. The molecule has 4 nitrogen and oxygen atoms in total.